The van der Waals surface area contributed by atoms with Crippen molar-refractivity contribution in [2.45, 2.75) is 0 Å². The lowest BCUT2D eigenvalue weighted by Crippen LogP contribution is -1.90. The van der Waals surface area contributed by atoms with Gasteiger partial charge in [0.25, 0.3) is 0 Å². The average molecular weight is 1410 g/mol. The van der Waals surface area contributed by atoms with E-state index in [-0.39, 0.29) is 0 Å². The van der Waals surface area contributed by atoms with Gasteiger partial charge in [-0.15, -0.1) is 0 Å². The Morgan fingerprint density at radius 1 is 0.164 bits per heavy atom. The molecule has 11 aromatic heterocycles. The molecule has 0 spiro atoms. The van der Waals surface area contributed by atoms with Gasteiger partial charge >= 0.3 is 0 Å². The minimum Gasteiger partial charge on any atom is -0.264 e. The van der Waals surface area contributed by atoms with E-state index in [1.54, 1.807) is 31.0 Å². The minimum atomic E-state index is 0.869. The quantitative estimate of drug-likeness (QED) is 0.121. The molecule has 21 rings (SSSR count). The Bertz CT molecular complexity index is 6910. The van der Waals surface area contributed by atoms with E-state index >= 15 is 0 Å². The van der Waals surface area contributed by atoms with E-state index in [1.807, 2.05) is 109 Å². The van der Waals surface area contributed by atoms with Crippen molar-refractivity contribution in [3.05, 3.63) is 383 Å². The molecular weight excluding hydrogens is 1340 g/mol. The zero-order valence-electron chi connectivity index (χ0n) is 59.3. The molecule has 0 bridgehead atoms. The fraction of sp³-hybridized carbons (Fsp3) is 0. The van der Waals surface area contributed by atoms with Crippen molar-refractivity contribution in [1.82, 2.24) is 54.8 Å². The molecule has 11 heteroatoms. The first-order chi connectivity index (χ1) is 54.4. The Kier molecular flexibility index (Phi) is 17.4. The molecular formula is C99H63N11. The lowest BCUT2D eigenvalue weighted by atomic mass is 9.95. The van der Waals surface area contributed by atoms with E-state index in [2.05, 4.69) is 268 Å². The molecule has 0 fully saturated rings. The molecule has 0 unspecified atom stereocenters. The Morgan fingerprint density at radius 3 is 0.873 bits per heavy atom. The van der Waals surface area contributed by atoms with Crippen molar-refractivity contribution in [2.75, 3.05) is 0 Å². The fourth-order valence-corrected chi connectivity index (χ4v) is 14.4. The lowest BCUT2D eigenvalue weighted by Gasteiger charge is -2.11. The average Bonchev–Trinajstić information content (AvgIpc) is 0.766. The van der Waals surface area contributed by atoms with Crippen LogP contribution in [-0.2, 0) is 0 Å². The monoisotopic (exact) mass is 1410 g/mol. The van der Waals surface area contributed by atoms with Crippen LogP contribution >= 0.6 is 0 Å². The number of aromatic nitrogens is 11. The first-order valence-corrected chi connectivity index (χ1v) is 36.5. The third-order valence-corrected chi connectivity index (χ3v) is 20.1. The van der Waals surface area contributed by atoms with Crippen LogP contribution in [0.2, 0.25) is 0 Å². The van der Waals surface area contributed by atoms with Crippen LogP contribution in [0.15, 0.2) is 383 Å². The Balaban J connectivity index is 0.000000112. The fourth-order valence-electron chi connectivity index (χ4n) is 14.4. The molecule has 11 nitrogen and oxygen atoms in total. The van der Waals surface area contributed by atoms with Crippen LogP contribution in [0.5, 0.6) is 0 Å². The van der Waals surface area contributed by atoms with Crippen LogP contribution in [0.25, 0.3) is 200 Å². The molecule has 10 aromatic carbocycles. The third-order valence-electron chi connectivity index (χ3n) is 20.1. The standard InChI is InChI=1S/C37H23N3.C34H22N4.C28H18N4/c1-2-8-30-24(6-1)11-14-27-7-5-9-31(37(27)30)32-19-17-25-12-15-28(22-35(25)39-32)29-16-13-26-18-20-34(40-36(26)23-29)33-10-3-4-21-38-33;1-2-18-36-31(8-1)32-16-14-24-10-12-27(21-34(24)38-32)26-11-9-23-13-15-30(37-33(23)20-26)28-6-3-5-25(19-28)29-7-4-17-35-22-29;1-3-15-29-23(5-1)25-13-11-19-7-9-21(17-27(19)31-25)22-10-8-20-12-14-26(32-28(20)18-22)24-6-2-4-16-30-24/h1-23H;1-22H;1-18H. The second kappa shape index (κ2) is 29.1. The van der Waals surface area contributed by atoms with Crippen molar-refractivity contribution in [1.29, 1.82) is 0 Å². The summed E-state index contributed by atoms with van der Waals surface area (Å²) in [5, 5.41) is 11.6. The summed E-state index contributed by atoms with van der Waals surface area (Å²) in [5.74, 6) is 0. The summed E-state index contributed by atoms with van der Waals surface area (Å²) in [7, 11) is 0. The second-order valence-electron chi connectivity index (χ2n) is 27.0. The summed E-state index contributed by atoms with van der Waals surface area (Å²) in [5.41, 5.74) is 25.7. The van der Waals surface area contributed by atoms with Gasteiger partial charge in [0, 0.05) is 86.2 Å². The predicted octanol–water partition coefficient (Wildman–Crippen LogP) is 24.3. The molecule has 0 amide bonds. The molecule has 0 saturated carbocycles. The van der Waals surface area contributed by atoms with E-state index in [0.717, 1.165) is 178 Å². The number of pyridine rings is 11. The normalized spacial score (nSPS) is 11.3. The van der Waals surface area contributed by atoms with Gasteiger partial charge in [-0.2, -0.15) is 0 Å². The molecule has 0 aliphatic heterocycles. The summed E-state index contributed by atoms with van der Waals surface area (Å²) < 4.78 is 0. The Labute approximate surface area is 633 Å². The van der Waals surface area contributed by atoms with Crippen LogP contribution in [0, 0.1) is 0 Å². The maximum Gasteiger partial charge on any atom is 0.0893 e. The highest BCUT2D eigenvalue weighted by molar-refractivity contribution is 6.14. The summed E-state index contributed by atoms with van der Waals surface area (Å²) in [4.78, 5) is 51.8. The smallest absolute Gasteiger partial charge is 0.0893 e. The SMILES string of the molecule is c1ccc(-c2ccc3ccc(-c4ccc5ccc(-c6cccc(-c7cccnc7)c6)nc5c4)cc3n2)nc1.c1ccc(-c2ccc3ccc(-c4ccc5ccc(-c6cccc7ccc8ccccc8c67)nc5c4)cc3n2)nc1.c1ccc(-c2ccc3ccc(-c4ccc5ccc(-c6ccccn6)nc5c4)cc3n2)nc1. The third kappa shape index (κ3) is 13.5. The van der Waals surface area contributed by atoms with E-state index in [9.17, 15) is 0 Å². The number of benzene rings is 10. The number of nitrogens with zero attached hydrogens (tertiary/aromatic N) is 11. The van der Waals surface area contributed by atoms with Crippen molar-refractivity contribution >= 4 is 87.0 Å². The predicted molar refractivity (Wildman–Crippen MR) is 449 cm³/mol. The Hall–Kier alpha value is -15.1. The molecule has 0 N–H and O–H groups in total. The van der Waals surface area contributed by atoms with Gasteiger partial charge in [0.15, 0.2) is 0 Å². The topological polar surface area (TPSA) is 142 Å². The minimum absolute atomic E-state index is 0.869. The summed E-state index contributed by atoms with van der Waals surface area (Å²) in [6, 6.07) is 119. The first kappa shape index (κ1) is 65.7. The molecule has 0 aliphatic carbocycles. The van der Waals surface area contributed by atoms with Crippen molar-refractivity contribution in [3.8, 4) is 113 Å². The molecule has 11 heterocycles. The molecule has 110 heavy (non-hydrogen) atoms. The van der Waals surface area contributed by atoms with Crippen molar-refractivity contribution in [3.63, 3.8) is 0 Å². The van der Waals surface area contributed by atoms with Crippen LogP contribution in [0.4, 0.5) is 0 Å². The van der Waals surface area contributed by atoms with Gasteiger partial charge in [-0.3, -0.25) is 24.9 Å². The van der Waals surface area contributed by atoms with Gasteiger partial charge in [0.2, 0.25) is 0 Å². The van der Waals surface area contributed by atoms with Crippen molar-refractivity contribution in [2.24, 2.45) is 0 Å². The largest absolute Gasteiger partial charge is 0.264 e. The van der Waals surface area contributed by atoms with E-state index in [4.69, 9.17) is 29.9 Å². The highest BCUT2D eigenvalue weighted by Gasteiger charge is 2.15. The zero-order valence-corrected chi connectivity index (χ0v) is 59.3. The van der Waals surface area contributed by atoms with Crippen molar-refractivity contribution < 1.29 is 0 Å². The van der Waals surface area contributed by atoms with Gasteiger partial charge in [0.1, 0.15) is 0 Å². The van der Waals surface area contributed by atoms with Crippen LogP contribution < -0.4 is 0 Å². The first-order valence-electron chi connectivity index (χ1n) is 36.5. The van der Waals surface area contributed by atoms with E-state index in [1.165, 1.54) is 21.5 Å². The highest BCUT2D eigenvalue weighted by Crippen LogP contribution is 2.38. The van der Waals surface area contributed by atoms with Gasteiger partial charge < -0.3 is 0 Å². The van der Waals surface area contributed by atoms with Gasteiger partial charge in [-0.1, -0.05) is 212 Å². The van der Waals surface area contributed by atoms with Crippen LogP contribution in [0.1, 0.15) is 0 Å². The zero-order chi connectivity index (χ0) is 73.1. The van der Waals surface area contributed by atoms with Gasteiger partial charge in [-0.05, 0) is 194 Å². The van der Waals surface area contributed by atoms with E-state index < -0.39 is 0 Å². The molecule has 21 aromatic rings. The maximum atomic E-state index is 5.18. The Morgan fingerprint density at radius 2 is 0.473 bits per heavy atom. The summed E-state index contributed by atoms with van der Waals surface area (Å²) in [6.45, 7) is 0. The number of rotatable bonds is 10. The molecule has 0 saturated heterocycles. The summed E-state index contributed by atoms with van der Waals surface area (Å²) >= 11 is 0. The maximum absolute atomic E-state index is 5.18. The molecule has 0 radical (unpaired) electrons. The molecule has 0 aliphatic rings. The summed E-state index contributed by atoms with van der Waals surface area (Å²) in [6.07, 6.45) is 10.9. The number of hydrogen-bond acceptors (Lipinski definition) is 11. The molecule has 0 atom stereocenters. The van der Waals surface area contributed by atoms with E-state index in [0.29, 0.717) is 0 Å². The number of hydrogen-bond donors (Lipinski definition) is 0. The van der Waals surface area contributed by atoms with Gasteiger partial charge in [-0.25, -0.2) is 29.9 Å². The second-order valence-corrected chi connectivity index (χ2v) is 27.0. The lowest BCUT2D eigenvalue weighted by molar-refractivity contribution is 1.27. The van der Waals surface area contributed by atoms with Crippen LogP contribution in [-0.4, -0.2) is 54.8 Å². The highest BCUT2D eigenvalue weighted by atomic mass is 14.8. The van der Waals surface area contributed by atoms with Gasteiger partial charge in [0.05, 0.1) is 90.0 Å². The number of fused-ring (bicyclic) bond motifs is 9. The molecule has 514 valence electrons. The van der Waals surface area contributed by atoms with Crippen LogP contribution in [0.3, 0.4) is 0 Å².